The lowest BCUT2D eigenvalue weighted by molar-refractivity contribution is -0.218. The van der Waals surface area contributed by atoms with Crippen LogP contribution in [0.3, 0.4) is 0 Å². The molecular weight excluding hydrogens is 560 g/mol. The number of nitrogens with zero attached hydrogens (tertiary/aromatic N) is 3. The summed E-state index contributed by atoms with van der Waals surface area (Å²) in [5.41, 5.74) is 14.9. The van der Waals surface area contributed by atoms with Crippen LogP contribution in [0.1, 0.15) is 25.1 Å². The number of hydrogen-bond acceptors (Lipinski definition) is 13. The maximum Gasteiger partial charge on any atom is 0.418 e. The van der Waals surface area contributed by atoms with Gasteiger partial charge in [-0.05, 0) is 38.1 Å². The lowest BCUT2D eigenvalue weighted by Gasteiger charge is -2.50. The number of oxime groups is 1. The number of nitrogen functional groups attached to an aromatic ring is 2. The van der Waals surface area contributed by atoms with E-state index in [-0.39, 0.29) is 16.7 Å². The van der Waals surface area contributed by atoms with Crippen LogP contribution in [0.4, 0.5) is 5.13 Å². The Bertz CT molecular complexity index is 1420. The highest BCUT2D eigenvalue weighted by Gasteiger charge is 2.58. The normalized spacial score (nSPS) is 17.6. The molecule has 3 rings (SSSR count). The molecule has 9 N–H and O–H groups in total. The molecule has 1 aliphatic rings. The Hall–Kier alpha value is -4.33. The Morgan fingerprint density at radius 2 is 1.95 bits per heavy atom. The minimum absolute atomic E-state index is 0.0606. The van der Waals surface area contributed by atoms with Crippen molar-refractivity contribution >= 4 is 56.1 Å². The highest BCUT2D eigenvalue weighted by molar-refractivity contribution is 7.80. The van der Waals surface area contributed by atoms with Gasteiger partial charge in [-0.15, -0.1) is 15.6 Å². The molecule has 1 saturated heterocycles. The number of carbonyl (C=O) groups is 3. The summed E-state index contributed by atoms with van der Waals surface area (Å²) in [5, 5.41) is 15.3. The molecule has 2 atom stereocenters. The predicted octanol–water partition coefficient (Wildman–Crippen LogP) is -1.50. The van der Waals surface area contributed by atoms with Crippen molar-refractivity contribution in [3.05, 3.63) is 40.9 Å². The van der Waals surface area contributed by atoms with Gasteiger partial charge in [0.15, 0.2) is 10.8 Å². The fraction of sp³-hybridized carbons (Fsp3) is 0.300. The Labute approximate surface area is 225 Å². The van der Waals surface area contributed by atoms with Gasteiger partial charge in [0.1, 0.15) is 29.9 Å². The number of thiazole rings is 1. The van der Waals surface area contributed by atoms with Gasteiger partial charge in [-0.1, -0.05) is 5.16 Å². The lowest BCUT2D eigenvalue weighted by atomic mass is 9.84. The molecule has 2 unspecified atom stereocenters. The van der Waals surface area contributed by atoms with E-state index in [2.05, 4.69) is 19.7 Å². The number of nitrogens with one attached hydrogen (secondary N) is 2. The highest BCUT2D eigenvalue weighted by atomic mass is 32.3. The van der Waals surface area contributed by atoms with Gasteiger partial charge in [-0.2, -0.15) is 13.5 Å². The molecule has 0 aliphatic carbocycles. The smallest absolute Gasteiger partial charge is 0.418 e. The first-order chi connectivity index (χ1) is 18.1. The Balaban J connectivity index is 1.76. The topological polar surface area (TPSA) is 276 Å². The maximum absolute atomic E-state index is 13.1. The molecule has 1 aromatic heterocycles. The molecule has 0 radical (unpaired) electrons. The summed E-state index contributed by atoms with van der Waals surface area (Å²) in [6.07, 6.45) is -1.48. The first kappa shape index (κ1) is 29.2. The third-order valence-corrected chi connectivity index (χ3v) is 6.27. The van der Waals surface area contributed by atoms with Gasteiger partial charge in [0.25, 0.3) is 17.7 Å². The van der Waals surface area contributed by atoms with Crippen LogP contribution in [0, 0.1) is 5.41 Å². The number of nitrogens with two attached hydrogens (primary N) is 3. The number of hydrogen-bond donors (Lipinski definition) is 6. The summed E-state index contributed by atoms with van der Waals surface area (Å²) in [6, 6.07) is 4.75. The number of rotatable bonds is 12. The van der Waals surface area contributed by atoms with E-state index in [9.17, 15) is 22.8 Å². The zero-order valence-electron chi connectivity index (χ0n) is 20.4. The molecular formula is C20H24N8O9S2. The number of amides is 3. The van der Waals surface area contributed by atoms with Gasteiger partial charge in [-0.3, -0.25) is 24.3 Å². The second-order valence-electron chi connectivity index (χ2n) is 8.45. The monoisotopic (exact) mass is 584 g/mol. The number of benzene rings is 1. The number of β-lactam (4-membered cyclic amide) rings is 1. The SMILES string of the molecule is CC1(C)C(NC(=O)C(=NOC(COc2ccc(C(=N)N)cc2)C(N)=O)c2csc(N)n2)C(=O)N1OS(=O)(=O)O. The van der Waals surface area contributed by atoms with Gasteiger partial charge in [-0.25, -0.2) is 4.98 Å². The van der Waals surface area contributed by atoms with Crippen LogP contribution in [0.15, 0.2) is 34.8 Å². The van der Waals surface area contributed by atoms with Crippen molar-refractivity contribution in [1.82, 2.24) is 15.4 Å². The number of aromatic nitrogens is 1. The fourth-order valence-electron chi connectivity index (χ4n) is 3.20. The second-order valence-corrected chi connectivity index (χ2v) is 10.3. The maximum atomic E-state index is 13.1. The summed E-state index contributed by atoms with van der Waals surface area (Å²) in [4.78, 5) is 46.6. The largest absolute Gasteiger partial charge is 0.489 e. The first-order valence-corrected chi connectivity index (χ1v) is 13.0. The molecule has 210 valence electrons. The van der Waals surface area contributed by atoms with Crippen molar-refractivity contribution in [3.8, 4) is 5.75 Å². The minimum atomic E-state index is -5.00. The Kier molecular flexibility index (Phi) is 8.39. The fourth-order valence-corrected chi connectivity index (χ4v) is 4.21. The van der Waals surface area contributed by atoms with E-state index in [1.165, 1.54) is 43.5 Å². The molecule has 39 heavy (non-hydrogen) atoms. The molecule has 0 spiro atoms. The van der Waals surface area contributed by atoms with Crippen LogP contribution in [-0.2, 0) is 33.9 Å². The van der Waals surface area contributed by atoms with Crippen LogP contribution >= 0.6 is 11.3 Å². The van der Waals surface area contributed by atoms with Crippen molar-refractivity contribution in [2.75, 3.05) is 12.3 Å². The van der Waals surface area contributed by atoms with Gasteiger partial charge >= 0.3 is 10.4 Å². The van der Waals surface area contributed by atoms with E-state index in [1.54, 1.807) is 0 Å². The summed E-state index contributed by atoms with van der Waals surface area (Å²) < 4.78 is 40.6. The first-order valence-electron chi connectivity index (χ1n) is 10.7. The number of amidine groups is 1. The van der Waals surface area contributed by atoms with E-state index >= 15 is 0 Å². The average molecular weight is 585 g/mol. The quantitative estimate of drug-likeness (QED) is 0.0547. The van der Waals surface area contributed by atoms with E-state index in [1.807, 2.05) is 0 Å². The number of hydroxylamine groups is 2. The Morgan fingerprint density at radius 3 is 2.44 bits per heavy atom. The molecule has 1 aliphatic heterocycles. The zero-order valence-corrected chi connectivity index (χ0v) is 22.0. The third-order valence-electron chi connectivity index (χ3n) is 5.26. The molecule has 2 aromatic rings. The van der Waals surface area contributed by atoms with E-state index < -0.39 is 58.1 Å². The average Bonchev–Trinajstić information content (AvgIpc) is 3.28. The summed E-state index contributed by atoms with van der Waals surface area (Å²) in [5.74, 6) is -2.81. The predicted molar refractivity (Wildman–Crippen MR) is 136 cm³/mol. The van der Waals surface area contributed by atoms with Crippen molar-refractivity contribution in [1.29, 1.82) is 5.41 Å². The van der Waals surface area contributed by atoms with Crippen molar-refractivity contribution in [2.45, 2.75) is 31.5 Å². The van der Waals surface area contributed by atoms with Gasteiger partial charge in [0.2, 0.25) is 6.10 Å². The van der Waals surface area contributed by atoms with Crippen LogP contribution in [0.2, 0.25) is 0 Å². The molecule has 2 heterocycles. The molecule has 19 heteroatoms. The van der Waals surface area contributed by atoms with Crippen LogP contribution in [0.5, 0.6) is 5.75 Å². The van der Waals surface area contributed by atoms with E-state index in [4.69, 9.17) is 36.7 Å². The van der Waals surface area contributed by atoms with Crippen molar-refractivity contribution in [3.63, 3.8) is 0 Å². The molecule has 3 amide bonds. The molecule has 0 saturated carbocycles. The standard InChI is InChI=1S/C20H24N8O9S2/c1-20(2)14(18(31)28(20)37-39(32,33)34)26-17(30)13(11-8-38-19(24)25-11)27-36-12(16(23)29)7-35-10-5-3-9(4-6-10)15(21)22/h3-6,8,12,14H,7H2,1-2H3,(H3,21,22)(H2,23,29)(H2,24,25)(H,26,30)(H,32,33,34). The molecule has 17 nitrogen and oxygen atoms in total. The zero-order chi connectivity index (χ0) is 29.1. The van der Waals surface area contributed by atoms with Gasteiger partial charge in [0, 0.05) is 10.9 Å². The second kappa shape index (κ2) is 11.2. The summed E-state index contributed by atoms with van der Waals surface area (Å²) >= 11 is 0.967. The van der Waals surface area contributed by atoms with Crippen LogP contribution in [0.25, 0.3) is 0 Å². The minimum Gasteiger partial charge on any atom is -0.489 e. The lowest BCUT2D eigenvalue weighted by Crippen LogP contribution is -2.76. The van der Waals surface area contributed by atoms with Crippen LogP contribution < -0.4 is 27.3 Å². The number of primary amides is 1. The summed E-state index contributed by atoms with van der Waals surface area (Å²) in [7, 11) is -5.00. The number of ether oxygens (including phenoxy) is 1. The molecule has 0 bridgehead atoms. The molecule has 1 fully saturated rings. The Morgan fingerprint density at radius 1 is 1.31 bits per heavy atom. The number of anilines is 1. The van der Waals surface area contributed by atoms with Crippen LogP contribution in [-0.4, -0.2) is 76.6 Å². The van der Waals surface area contributed by atoms with Gasteiger partial charge < -0.3 is 32.1 Å². The van der Waals surface area contributed by atoms with Crippen molar-refractivity contribution in [2.24, 2.45) is 16.6 Å². The summed E-state index contributed by atoms with van der Waals surface area (Å²) in [6.45, 7) is 2.31. The third kappa shape index (κ3) is 6.96. The molecule has 1 aromatic carbocycles. The van der Waals surface area contributed by atoms with E-state index in [0.29, 0.717) is 16.4 Å². The van der Waals surface area contributed by atoms with Gasteiger partial charge in [0.05, 0.1) is 5.54 Å². The highest BCUT2D eigenvalue weighted by Crippen LogP contribution is 2.33. The van der Waals surface area contributed by atoms with Crippen molar-refractivity contribution < 1.29 is 41.2 Å². The number of carbonyl (C=O) groups excluding carboxylic acids is 3. The van der Waals surface area contributed by atoms with E-state index in [0.717, 1.165) is 11.3 Å².